The molecule has 0 atom stereocenters. The van der Waals surface area contributed by atoms with Gasteiger partial charge in [0.2, 0.25) is 0 Å². The summed E-state index contributed by atoms with van der Waals surface area (Å²) in [5, 5.41) is 4.30. The molecule has 2 aromatic heterocycles. The molecule has 0 bridgehead atoms. The van der Waals surface area contributed by atoms with Crippen LogP contribution in [0.15, 0.2) is 18.5 Å². The van der Waals surface area contributed by atoms with Gasteiger partial charge < -0.3 is 10.5 Å². The van der Waals surface area contributed by atoms with Crippen molar-refractivity contribution in [3.8, 4) is 11.5 Å². The van der Waals surface area contributed by atoms with Crippen LogP contribution in [0.5, 0.6) is 11.5 Å². The number of hydrogen-bond acceptors (Lipinski definition) is 4. The van der Waals surface area contributed by atoms with Crippen molar-refractivity contribution >= 4 is 0 Å². The van der Waals surface area contributed by atoms with E-state index in [9.17, 15) is 0 Å². The zero-order chi connectivity index (χ0) is 12.4. The number of nitrogens with two attached hydrogens (primary N) is 1. The highest BCUT2D eigenvalue weighted by Gasteiger charge is 2.11. The van der Waals surface area contributed by atoms with Gasteiger partial charge in [0.1, 0.15) is 11.4 Å². The van der Waals surface area contributed by atoms with Crippen molar-refractivity contribution in [2.24, 2.45) is 12.8 Å². The fourth-order valence-corrected chi connectivity index (χ4v) is 1.65. The Bertz CT molecular complexity index is 533. The first-order valence-corrected chi connectivity index (χ1v) is 5.44. The maximum atomic E-state index is 5.80. The van der Waals surface area contributed by atoms with Crippen LogP contribution < -0.4 is 10.5 Å². The molecular weight excluding hydrogens is 216 g/mol. The van der Waals surface area contributed by atoms with Crippen molar-refractivity contribution in [1.29, 1.82) is 0 Å². The molecule has 90 valence electrons. The van der Waals surface area contributed by atoms with Crippen LogP contribution in [0.25, 0.3) is 0 Å². The van der Waals surface area contributed by atoms with Gasteiger partial charge >= 0.3 is 0 Å². The Balaban J connectivity index is 2.31. The lowest BCUT2D eigenvalue weighted by Gasteiger charge is -2.06. The lowest BCUT2D eigenvalue weighted by molar-refractivity contribution is 0.471. The Labute approximate surface area is 100 Å². The van der Waals surface area contributed by atoms with E-state index < -0.39 is 0 Å². The molecule has 2 rings (SSSR count). The molecule has 17 heavy (non-hydrogen) atoms. The number of aromatic nitrogens is 3. The summed E-state index contributed by atoms with van der Waals surface area (Å²) in [7, 11) is 1.89. The number of nitrogens with zero attached hydrogens (tertiary/aromatic N) is 3. The minimum absolute atomic E-state index is 0.454. The fourth-order valence-electron chi connectivity index (χ4n) is 1.65. The Morgan fingerprint density at radius 1 is 1.35 bits per heavy atom. The quantitative estimate of drug-likeness (QED) is 0.874. The Morgan fingerprint density at radius 3 is 2.71 bits per heavy atom. The average Bonchev–Trinajstić information content (AvgIpc) is 2.56. The van der Waals surface area contributed by atoms with Crippen molar-refractivity contribution in [3.05, 3.63) is 35.4 Å². The molecule has 0 saturated carbocycles. The molecular formula is C12H16N4O. The summed E-state index contributed by atoms with van der Waals surface area (Å²) < 4.78 is 7.60. The number of aryl methyl sites for hydroxylation is 2. The van der Waals surface area contributed by atoms with Crippen molar-refractivity contribution in [2.75, 3.05) is 0 Å². The van der Waals surface area contributed by atoms with Crippen LogP contribution in [0, 0.1) is 13.8 Å². The highest BCUT2D eigenvalue weighted by Crippen LogP contribution is 2.27. The van der Waals surface area contributed by atoms with E-state index in [0.29, 0.717) is 12.3 Å². The van der Waals surface area contributed by atoms with Crippen LogP contribution in [0.2, 0.25) is 0 Å². The van der Waals surface area contributed by atoms with Gasteiger partial charge in [-0.25, -0.2) is 0 Å². The molecule has 0 aliphatic carbocycles. The predicted octanol–water partition coefficient (Wildman–Crippen LogP) is 1.68. The molecule has 0 amide bonds. The summed E-state index contributed by atoms with van der Waals surface area (Å²) in [4.78, 5) is 4.09. The van der Waals surface area contributed by atoms with E-state index in [-0.39, 0.29) is 0 Å². The molecule has 0 unspecified atom stereocenters. The molecule has 5 heteroatoms. The van der Waals surface area contributed by atoms with Gasteiger partial charge in [-0.15, -0.1) is 0 Å². The van der Waals surface area contributed by atoms with Gasteiger partial charge in [-0.1, -0.05) is 0 Å². The Kier molecular flexibility index (Phi) is 3.10. The largest absolute Gasteiger partial charge is 0.452 e. The first kappa shape index (κ1) is 11.6. The van der Waals surface area contributed by atoms with Crippen LogP contribution in [0.3, 0.4) is 0 Å². The third-order valence-electron chi connectivity index (χ3n) is 2.67. The van der Waals surface area contributed by atoms with Gasteiger partial charge in [-0.3, -0.25) is 9.67 Å². The van der Waals surface area contributed by atoms with Crippen molar-refractivity contribution in [1.82, 2.24) is 14.8 Å². The van der Waals surface area contributed by atoms with Crippen LogP contribution in [0.1, 0.15) is 17.0 Å². The van der Waals surface area contributed by atoms with E-state index in [0.717, 1.165) is 22.7 Å². The van der Waals surface area contributed by atoms with Gasteiger partial charge in [0.15, 0.2) is 5.75 Å². The lowest BCUT2D eigenvalue weighted by Crippen LogP contribution is -1.98. The van der Waals surface area contributed by atoms with Gasteiger partial charge in [0.25, 0.3) is 0 Å². The molecule has 0 aliphatic heterocycles. The molecule has 2 aromatic rings. The average molecular weight is 232 g/mol. The molecule has 0 aromatic carbocycles. The second-order valence-electron chi connectivity index (χ2n) is 3.96. The van der Waals surface area contributed by atoms with Crippen LogP contribution >= 0.6 is 0 Å². The van der Waals surface area contributed by atoms with Gasteiger partial charge in [-0.2, -0.15) is 5.10 Å². The van der Waals surface area contributed by atoms with E-state index in [1.165, 1.54) is 0 Å². The summed E-state index contributed by atoms with van der Waals surface area (Å²) in [5.74, 6) is 1.47. The smallest absolute Gasteiger partial charge is 0.171 e. The van der Waals surface area contributed by atoms with Gasteiger partial charge in [0.05, 0.1) is 11.9 Å². The maximum Gasteiger partial charge on any atom is 0.171 e. The highest BCUT2D eigenvalue weighted by atomic mass is 16.5. The molecule has 0 fully saturated rings. The minimum Gasteiger partial charge on any atom is -0.452 e. The van der Waals surface area contributed by atoms with Crippen LogP contribution in [-0.4, -0.2) is 14.8 Å². The molecule has 5 nitrogen and oxygen atoms in total. The first-order chi connectivity index (χ1) is 8.11. The van der Waals surface area contributed by atoms with Crippen LogP contribution in [0.4, 0.5) is 0 Å². The van der Waals surface area contributed by atoms with E-state index in [1.807, 2.05) is 27.0 Å². The number of ether oxygens (including phenoxy) is 1. The summed E-state index contributed by atoms with van der Waals surface area (Å²) >= 11 is 0. The number of rotatable bonds is 3. The third kappa shape index (κ3) is 2.29. The topological polar surface area (TPSA) is 66.0 Å². The molecule has 0 saturated heterocycles. The molecule has 0 radical (unpaired) electrons. The van der Waals surface area contributed by atoms with Gasteiger partial charge in [-0.05, 0) is 25.5 Å². The third-order valence-corrected chi connectivity index (χ3v) is 2.67. The second-order valence-corrected chi connectivity index (χ2v) is 3.96. The standard InChI is InChI=1S/C12H16N4O/c1-8-12(9(2)16(3)15-8)17-11-4-10(5-13)6-14-7-11/h4,6-7H,5,13H2,1-3H3. The summed E-state index contributed by atoms with van der Waals surface area (Å²) in [6.07, 6.45) is 3.40. The zero-order valence-electron chi connectivity index (χ0n) is 10.3. The zero-order valence-corrected chi connectivity index (χ0v) is 10.3. The SMILES string of the molecule is Cc1nn(C)c(C)c1Oc1cncc(CN)c1. The molecule has 2 heterocycles. The van der Waals surface area contributed by atoms with Crippen molar-refractivity contribution in [2.45, 2.75) is 20.4 Å². The monoisotopic (exact) mass is 232 g/mol. The molecule has 0 spiro atoms. The van der Waals surface area contributed by atoms with E-state index >= 15 is 0 Å². The lowest BCUT2D eigenvalue weighted by atomic mass is 10.3. The van der Waals surface area contributed by atoms with Crippen LogP contribution in [-0.2, 0) is 13.6 Å². The Morgan fingerprint density at radius 2 is 2.12 bits per heavy atom. The Hall–Kier alpha value is -1.88. The van der Waals surface area contributed by atoms with E-state index in [1.54, 1.807) is 17.1 Å². The second kappa shape index (κ2) is 4.55. The molecule has 2 N–H and O–H groups in total. The number of hydrogen-bond donors (Lipinski definition) is 1. The normalized spacial score (nSPS) is 10.6. The maximum absolute atomic E-state index is 5.80. The summed E-state index contributed by atoms with van der Waals surface area (Å²) in [6.45, 7) is 4.34. The van der Waals surface area contributed by atoms with Gasteiger partial charge in [0, 0.05) is 19.8 Å². The fraction of sp³-hybridized carbons (Fsp3) is 0.333. The highest BCUT2D eigenvalue weighted by molar-refractivity contribution is 5.37. The summed E-state index contributed by atoms with van der Waals surface area (Å²) in [5.41, 5.74) is 8.36. The van der Waals surface area contributed by atoms with Crippen molar-refractivity contribution in [3.63, 3.8) is 0 Å². The van der Waals surface area contributed by atoms with Crippen molar-refractivity contribution < 1.29 is 4.74 Å². The predicted molar refractivity (Wildman–Crippen MR) is 64.9 cm³/mol. The summed E-state index contributed by atoms with van der Waals surface area (Å²) in [6, 6.07) is 1.89. The number of pyridine rings is 1. The van der Waals surface area contributed by atoms with E-state index in [4.69, 9.17) is 10.5 Å². The minimum atomic E-state index is 0.454. The van der Waals surface area contributed by atoms with E-state index in [2.05, 4.69) is 10.1 Å². The first-order valence-electron chi connectivity index (χ1n) is 5.44. The molecule has 0 aliphatic rings.